The van der Waals surface area contributed by atoms with E-state index in [1.54, 1.807) is 0 Å². The molecule has 0 radical (unpaired) electrons. The molecule has 2 atom stereocenters. The Bertz CT molecular complexity index is 2510. The summed E-state index contributed by atoms with van der Waals surface area (Å²) in [5, 5.41) is 82.5. The first-order chi connectivity index (χ1) is 47.9. The predicted octanol–water partition coefficient (Wildman–Crippen LogP) is -3.23. The summed E-state index contributed by atoms with van der Waals surface area (Å²) in [6, 6.07) is 0. The van der Waals surface area contributed by atoms with Crippen molar-refractivity contribution in [2.45, 2.75) is 103 Å². The van der Waals surface area contributed by atoms with E-state index in [9.17, 15) is 95.9 Å². The number of ether oxygens (including phenoxy) is 16. The minimum absolute atomic E-state index is 0.115. The lowest BCUT2D eigenvalue weighted by molar-refractivity contribution is -0.168. The topological polar surface area (TPSA) is 691 Å². The van der Waals surface area contributed by atoms with E-state index in [0.717, 1.165) is 6.42 Å². The Morgan fingerprint density at radius 1 is 0.206 bits per heavy atom. The van der Waals surface area contributed by atoms with Gasteiger partial charge < -0.3 is 127 Å². The van der Waals surface area contributed by atoms with Crippen LogP contribution in [0.15, 0.2) is 0 Å². The number of unbranched alkanes of at least 4 members (excludes halogenated alkanes) is 6. The zero-order chi connectivity index (χ0) is 78.6. The van der Waals surface area contributed by atoms with Crippen LogP contribution in [0.4, 0.5) is 0 Å². The Kier molecular flexibility index (Phi) is 65.9. The number of hydrogen-bond donors (Lipinski definition) is 10. The summed E-state index contributed by atoms with van der Waals surface area (Å²) in [6.07, 6.45) is 3.89. The number of rotatable bonds is 55. The molecule has 0 aliphatic carbocycles. The Labute approximate surface area is 576 Å². The van der Waals surface area contributed by atoms with Gasteiger partial charge in [-0.05, 0) is 52.4 Å². The molecule has 0 rings (SSSR count). The van der Waals surface area contributed by atoms with Crippen molar-refractivity contribution in [1.82, 2.24) is 0 Å². The van der Waals surface area contributed by atoms with Gasteiger partial charge in [0, 0.05) is 39.1 Å². The van der Waals surface area contributed by atoms with Gasteiger partial charge in [-0.3, -0.25) is 14.4 Å². The molecule has 2 unspecified atom stereocenters. The minimum Gasteiger partial charge on any atom is -0.479 e. The van der Waals surface area contributed by atoms with E-state index in [0.29, 0.717) is 58.0 Å². The van der Waals surface area contributed by atoms with Gasteiger partial charge in [0.1, 0.15) is 33.0 Å². The average molecular weight is 1490 g/mol. The number of carboxylic acids is 10. The zero-order valence-electron chi connectivity index (χ0n) is 55.0. The lowest BCUT2D eigenvalue weighted by Crippen LogP contribution is -2.28. The fraction of sp³-hybridized carbons (Fsp3) is 0.643. The minimum atomic E-state index is -1.32. The lowest BCUT2D eigenvalue weighted by atomic mass is 10.2. The van der Waals surface area contributed by atoms with E-state index >= 15 is 0 Å². The van der Waals surface area contributed by atoms with E-state index in [2.05, 4.69) is 52.1 Å². The molecular weight excluding hydrogens is 1410 g/mol. The molecule has 0 fully saturated rings. The van der Waals surface area contributed by atoms with Gasteiger partial charge in [-0.25, -0.2) is 81.5 Å². The number of hydrogen-bond acceptors (Lipinski definition) is 36. The molecule has 10 N–H and O–H groups in total. The van der Waals surface area contributed by atoms with Crippen molar-refractivity contribution in [2.24, 2.45) is 0 Å². The molecule has 0 aromatic heterocycles. The molecule has 46 nitrogen and oxygen atoms in total. The van der Waals surface area contributed by atoms with Crippen LogP contribution in [0.2, 0.25) is 0 Å². The molecule has 0 spiro atoms. The number of carbonyl (C=O) groups excluding carboxylic acids is 10. The van der Waals surface area contributed by atoms with Crippen LogP contribution >= 0.6 is 0 Å². The Morgan fingerprint density at radius 3 is 0.716 bits per heavy atom. The van der Waals surface area contributed by atoms with Gasteiger partial charge in [-0.1, -0.05) is 19.3 Å². The summed E-state index contributed by atoms with van der Waals surface area (Å²) in [7, 11) is 0. The van der Waals surface area contributed by atoms with Gasteiger partial charge in [0.2, 0.25) is 0 Å². The first kappa shape index (κ1) is 99.8. The molecule has 0 heterocycles. The largest absolute Gasteiger partial charge is 0.479 e. The number of aliphatic carboxylic acids is 10. The molecule has 0 aliphatic heterocycles. The van der Waals surface area contributed by atoms with E-state index in [1.807, 2.05) is 0 Å². The molecule has 0 amide bonds. The van der Waals surface area contributed by atoms with Gasteiger partial charge >= 0.3 is 119 Å². The molecule has 0 bridgehead atoms. The van der Waals surface area contributed by atoms with Gasteiger partial charge in [-0.2, -0.15) is 0 Å². The highest BCUT2D eigenvalue weighted by Gasteiger charge is 2.20. The van der Waals surface area contributed by atoms with E-state index in [4.69, 9.17) is 74.7 Å². The molecule has 0 saturated heterocycles. The van der Waals surface area contributed by atoms with E-state index < -0.39 is 217 Å². The number of carboxylic acid groups (broad SMARTS) is 10. The van der Waals surface area contributed by atoms with Gasteiger partial charge in [0.15, 0.2) is 78.3 Å². The maximum atomic E-state index is 11.3. The Balaban J connectivity index is -0.000000386. The maximum absolute atomic E-state index is 11.3. The number of esters is 10. The van der Waals surface area contributed by atoms with Crippen molar-refractivity contribution < 1.29 is 223 Å². The van der Waals surface area contributed by atoms with Crippen LogP contribution in [0.25, 0.3) is 0 Å². The summed E-state index contributed by atoms with van der Waals surface area (Å²) >= 11 is 0. The standard InChI is InChI=1S/C14H22O10.C13H20O9.C12H18O9.C9H12O9.C8H10O9/c15-11(16)8-23-13(19)4-2-1-3-5-21-6-7-22-10-14(20)24-9-12(17)18;1-9(13(19)22-8-11(16)17)20-6-4-2-3-5-12(18)21-7-10(14)15;13-9(14)6-20-11(17)4-2-1-3-5-19-8-12(18)21-7-10(15)16;1-5(9(15)18-3-7(12)13)16-4-8(14)17-2-6(10)11;9-5(10)1-16-7(13)3-15-4-8(14)17-2-6(11)12/h1-10H2,(H,15,16)(H,17,18);9H,2-8H2,1H3,(H,14,15)(H,16,17);1-8H2,(H,13,14)(H,15,16);5H,2-4H2,1H3,(H,10,11)(H,12,13);1-4H2,(H,9,10)(H,11,12). The highest BCUT2D eigenvalue weighted by atomic mass is 16.6. The van der Waals surface area contributed by atoms with Crippen molar-refractivity contribution in [2.75, 3.05) is 132 Å². The summed E-state index contributed by atoms with van der Waals surface area (Å²) in [5.41, 5.74) is 0. The molecular formula is C56H82O46. The van der Waals surface area contributed by atoms with Crippen LogP contribution in [0.5, 0.6) is 0 Å². The van der Waals surface area contributed by atoms with Crippen molar-refractivity contribution in [3.8, 4) is 0 Å². The smallest absolute Gasteiger partial charge is 0.341 e. The SMILES string of the molecule is CC(OCC(=O)OCC(=O)O)C(=O)OCC(=O)O.CC(OCCCCCC(=O)OCC(=O)O)C(=O)OCC(=O)O.O=C(O)COC(=O)CCCCCOCC(=O)OCC(=O)O.O=C(O)COC(=O)CCCCCOCCOCC(=O)OCC(=O)O.O=C(O)COC(=O)COCC(=O)OCC(=O)O. The summed E-state index contributed by atoms with van der Waals surface area (Å²) < 4.78 is 72.8. The fourth-order valence-electron chi connectivity index (χ4n) is 5.25. The second-order valence-corrected chi connectivity index (χ2v) is 18.5. The maximum Gasteiger partial charge on any atom is 0.341 e. The third kappa shape index (κ3) is 85.2. The second kappa shape index (κ2) is 67.3. The van der Waals surface area contributed by atoms with Gasteiger partial charge in [0.25, 0.3) is 0 Å². The molecule has 0 aliphatic rings. The first-order valence-electron chi connectivity index (χ1n) is 29.2. The third-order valence-electron chi connectivity index (χ3n) is 9.63. The first-order valence-corrected chi connectivity index (χ1v) is 29.2. The van der Waals surface area contributed by atoms with E-state index in [1.165, 1.54) is 13.8 Å². The fourth-order valence-corrected chi connectivity index (χ4v) is 5.25. The summed E-state index contributed by atoms with van der Waals surface area (Å²) in [4.78, 5) is 211. The highest BCUT2D eigenvalue weighted by molar-refractivity contribution is 5.81. The summed E-state index contributed by atoms with van der Waals surface area (Å²) in [5.74, 6) is -20.4. The van der Waals surface area contributed by atoms with Crippen molar-refractivity contribution >= 4 is 119 Å². The highest BCUT2D eigenvalue weighted by Crippen LogP contribution is 2.06. The molecule has 0 aromatic rings. The average Bonchev–Trinajstić information content (AvgIpc) is 1.01. The molecule has 0 aromatic carbocycles. The number of carbonyl (C=O) groups is 20. The van der Waals surface area contributed by atoms with Crippen LogP contribution in [-0.2, 0) is 172 Å². The van der Waals surface area contributed by atoms with Crippen LogP contribution in [0.3, 0.4) is 0 Å². The van der Waals surface area contributed by atoms with E-state index in [-0.39, 0.29) is 58.9 Å². The second-order valence-electron chi connectivity index (χ2n) is 18.5. The van der Waals surface area contributed by atoms with Gasteiger partial charge in [-0.15, -0.1) is 0 Å². The molecule has 582 valence electrons. The Morgan fingerprint density at radius 2 is 0.422 bits per heavy atom. The normalized spacial score (nSPS) is 10.5. The predicted molar refractivity (Wildman–Crippen MR) is 315 cm³/mol. The summed E-state index contributed by atoms with van der Waals surface area (Å²) in [6.45, 7) is -5.65. The van der Waals surface area contributed by atoms with Crippen molar-refractivity contribution in [3.63, 3.8) is 0 Å². The van der Waals surface area contributed by atoms with Crippen LogP contribution < -0.4 is 0 Å². The van der Waals surface area contributed by atoms with Crippen LogP contribution in [0, 0.1) is 0 Å². The van der Waals surface area contributed by atoms with Crippen molar-refractivity contribution in [1.29, 1.82) is 0 Å². The molecule has 46 heteroatoms. The van der Waals surface area contributed by atoms with Crippen molar-refractivity contribution in [3.05, 3.63) is 0 Å². The molecule has 102 heavy (non-hydrogen) atoms. The quantitative estimate of drug-likeness (QED) is 0.0163. The monoisotopic (exact) mass is 1490 g/mol. The van der Waals surface area contributed by atoms with Crippen LogP contribution in [0.1, 0.15) is 90.9 Å². The van der Waals surface area contributed by atoms with Gasteiger partial charge in [0.05, 0.1) is 13.2 Å². The lowest BCUT2D eigenvalue weighted by Gasteiger charge is -2.11. The van der Waals surface area contributed by atoms with Crippen LogP contribution in [-0.4, -0.2) is 315 Å². The molecule has 0 saturated carbocycles. The zero-order valence-corrected chi connectivity index (χ0v) is 55.0. The Hall–Kier alpha value is -10.8. The third-order valence-corrected chi connectivity index (χ3v) is 9.63.